The highest BCUT2D eigenvalue weighted by Gasteiger charge is 2.12. The van der Waals surface area contributed by atoms with E-state index in [1.165, 1.54) is 25.7 Å². The quantitative estimate of drug-likeness (QED) is 0.706. The summed E-state index contributed by atoms with van der Waals surface area (Å²) in [6, 6.07) is 7.42. The van der Waals surface area contributed by atoms with E-state index in [1.807, 2.05) is 24.3 Å². The van der Waals surface area contributed by atoms with Crippen molar-refractivity contribution in [2.45, 2.75) is 25.7 Å². The molecule has 0 bridgehead atoms. The van der Waals surface area contributed by atoms with E-state index in [-0.39, 0.29) is 5.91 Å². The minimum absolute atomic E-state index is 0.0621. The predicted octanol–water partition coefficient (Wildman–Crippen LogP) is 1.67. The second-order valence-corrected chi connectivity index (χ2v) is 5.58. The Morgan fingerprint density at radius 3 is 1.96 bits per heavy atom. The topological polar surface area (TPSA) is 116 Å². The van der Waals surface area contributed by atoms with Gasteiger partial charge in [-0.15, -0.1) is 0 Å². The van der Waals surface area contributed by atoms with E-state index in [0.29, 0.717) is 6.54 Å². The summed E-state index contributed by atoms with van der Waals surface area (Å²) in [5, 5.41) is 17.7. The van der Waals surface area contributed by atoms with Crippen molar-refractivity contribution in [3.05, 3.63) is 24.3 Å². The van der Waals surface area contributed by atoms with Crippen molar-refractivity contribution in [2.75, 3.05) is 32.1 Å². The van der Waals surface area contributed by atoms with Crippen molar-refractivity contribution in [1.82, 2.24) is 4.90 Å². The molecule has 3 N–H and O–H groups in total. The van der Waals surface area contributed by atoms with Crippen molar-refractivity contribution in [1.29, 1.82) is 0 Å². The Bertz CT molecular complexity index is 553. The van der Waals surface area contributed by atoms with Gasteiger partial charge in [-0.3, -0.25) is 9.69 Å². The molecule has 0 aromatic heterocycles. The number of anilines is 1. The van der Waals surface area contributed by atoms with Crippen LogP contribution in [-0.4, -0.2) is 59.7 Å². The van der Waals surface area contributed by atoms with Gasteiger partial charge in [0.1, 0.15) is 5.75 Å². The third-order valence-electron chi connectivity index (χ3n) is 3.62. The first-order chi connectivity index (χ1) is 11.9. The number of carboxylic acid groups (broad SMARTS) is 2. The Hall–Kier alpha value is -2.61. The van der Waals surface area contributed by atoms with Crippen LogP contribution < -0.4 is 10.1 Å². The molecule has 1 fully saturated rings. The summed E-state index contributed by atoms with van der Waals surface area (Å²) in [4.78, 5) is 32.4. The minimum atomic E-state index is -1.82. The first-order valence-electron chi connectivity index (χ1n) is 8.05. The number of hydrogen-bond acceptors (Lipinski definition) is 5. The molecule has 0 unspecified atom stereocenters. The van der Waals surface area contributed by atoms with Gasteiger partial charge in [0, 0.05) is 5.69 Å². The van der Waals surface area contributed by atoms with Gasteiger partial charge >= 0.3 is 11.9 Å². The third-order valence-corrected chi connectivity index (χ3v) is 3.62. The van der Waals surface area contributed by atoms with E-state index in [4.69, 9.17) is 24.5 Å². The van der Waals surface area contributed by atoms with E-state index < -0.39 is 11.9 Å². The molecule has 1 heterocycles. The molecule has 1 aromatic carbocycles. The van der Waals surface area contributed by atoms with Gasteiger partial charge in [-0.2, -0.15) is 0 Å². The van der Waals surface area contributed by atoms with Crippen LogP contribution in [0.15, 0.2) is 24.3 Å². The molecule has 0 spiro atoms. The number of amides is 1. The van der Waals surface area contributed by atoms with Gasteiger partial charge in [0.2, 0.25) is 5.91 Å². The second-order valence-electron chi connectivity index (χ2n) is 5.58. The maximum atomic E-state index is 12.0. The van der Waals surface area contributed by atoms with Crippen molar-refractivity contribution in [2.24, 2.45) is 0 Å². The van der Waals surface area contributed by atoms with Crippen LogP contribution in [0.4, 0.5) is 5.69 Å². The Balaban J connectivity index is 0.000000450. The molecule has 138 valence electrons. The summed E-state index contributed by atoms with van der Waals surface area (Å²) in [6.45, 7) is 2.57. The maximum Gasteiger partial charge on any atom is 0.414 e. The van der Waals surface area contributed by atoms with Crippen molar-refractivity contribution >= 4 is 23.5 Å². The van der Waals surface area contributed by atoms with Crippen molar-refractivity contribution < 1.29 is 29.3 Å². The zero-order chi connectivity index (χ0) is 18.7. The normalized spacial score (nSPS) is 14.4. The van der Waals surface area contributed by atoms with E-state index in [0.717, 1.165) is 24.5 Å². The Kier molecular flexibility index (Phi) is 9.02. The highest BCUT2D eigenvalue weighted by Crippen LogP contribution is 2.15. The Labute approximate surface area is 146 Å². The smallest absolute Gasteiger partial charge is 0.414 e. The highest BCUT2D eigenvalue weighted by molar-refractivity contribution is 6.27. The molecule has 0 atom stereocenters. The molecule has 1 aliphatic rings. The summed E-state index contributed by atoms with van der Waals surface area (Å²) in [6.07, 6.45) is 4.98. The number of nitrogens with zero attached hydrogens (tertiary/aromatic N) is 1. The van der Waals surface area contributed by atoms with Crippen LogP contribution in [-0.2, 0) is 14.4 Å². The minimum Gasteiger partial charge on any atom is -0.497 e. The fraction of sp³-hybridized carbons (Fsp3) is 0.471. The lowest BCUT2D eigenvalue weighted by atomic mass is 10.2. The lowest BCUT2D eigenvalue weighted by molar-refractivity contribution is -0.159. The summed E-state index contributed by atoms with van der Waals surface area (Å²) >= 11 is 0. The van der Waals surface area contributed by atoms with Crippen molar-refractivity contribution in [3.8, 4) is 5.75 Å². The number of aliphatic carboxylic acids is 2. The number of ether oxygens (including phenoxy) is 1. The predicted molar refractivity (Wildman–Crippen MR) is 91.8 cm³/mol. The number of carboxylic acids is 2. The van der Waals surface area contributed by atoms with Gasteiger partial charge in [0.25, 0.3) is 0 Å². The molecule has 25 heavy (non-hydrogen) atoms. The van der Waals surface area contributed by atoms with E-state index >= 15 is 0 Å². The van der Waals surface area contributed by atoms with Crippen molar-refractivity contribution in [3.63, 3.8) is 0 Å². The molecule has 8 nitrogen and oxygen atoms in total. The highest BCUT2D eigenvalue weighted by atomic mass is 16.5. The van der Waals surface area contributed by atoms with Crippen LogP contribution in [0.25, 0.3) is 0 Å². The van der Waals surface area contributed by atoms with E-state index in [9.17, 15) is 4.79 Å². The molecule has 2 rings (SSSR count). The lowest BCUT2D eigenvalue weighted by Crippen LogP contribution is -2.33. The monoisotopic (exact) mass is 352 g/mol. The standard InChI is InChI=1S/C15H22N2O2.C2H2O4/c1-19-14-8-6-13(7-9-14)16-15(18)12-17-10-4-2-3-5-11-17;3-1(4)2(5)6/h6-9H,2-5,10-12H2,1H3,(H,16,18);(H,3,4)(H,5,6). The van der Waals surface area contributed by atoms with Crippen LogP contribution in [0.2, 0.25) is 0 Å². The molecular formula is C17H24N2O6. The number of nitrogens with one attached hydrogen (secondary N) is 1. The van der Waals surface area contributed by atoms with Gasteiger partial charge < -0.3 is 20.3 Å². The van der Waals surface area contributed by atoms with Gasteiger partial charge in [-0.05, 0) is 50.2 Å². The van der Waals surface area contributed by atoms with Gasteiger partial charge in [-0.25, -0.2) is 9.59 Å². The Morgan fingerprint density at radius 1 is 1.00 bits per heavy atom. The molecule has 1 aliphatic heterocycles. The van der Waals surface area contributed by atoms with Crippen LogP contribution in [0.5, 0.6) is 5.75 Å². The molecular weight excluding hydrogens is 328 g/mol. The fourth-order valence-electron chi connectivity index (χ4n) is 2.37. The maximum absolute atomic E-state index is 12.0. The first kappa shape index (κ1) is 20.4. The third kappa shape index (κ3) is 8.71. The number of carbonyl (C=O) groups excluding carboxylic acids is 1. The van der Waals surface area contributed by atoms with E-state index in [1.54, 1.807) is 7.11 Å². The number of carbonyl (C=O) groups is 3. The van der Waals surface area contributed by atoms with Gasteiger partial charge in [0.15, 0.2) is 0 Å². The fourth-order valence-corrected chi connectivity index (χ4v) is 2.37. The number of benzene rings is 1. The zero-order valence-electron chi connectivity index (χ0n) is 14.2. The van der Waals surface area contributed by atoms with Gasteiger partial charge in [-0.1, -0.05) is 12.8 Å². The average molecular weight is 352 g/mol. The summed E-state index contributed by atoms with van der Waals surface area (Å²) < 4.78 is 5.09. The first-order valence-corrected chi connectivity index (χ1v) is 8.05. The average Bonchev–Trinajstić information content (AvgIpc) is 2.84. The summed E-state index contributed by atoms with van der Waals surface area (Å²) in [5.74, 6) is -2.79. The largest absolute Gasteiger partial charge is 0.497 e. The second kappa shape index (κ2) is 11.0. The van der Waals surface area contributed by atoms with Crippen LogP contribution in [0, 0.1) is 0 Å². The number of rotatable bonds is 4. The lowest BCUT2D eigenvalue weighted by Gasteiger charge is -2.19. The molecule has 1 aromatic rings. The molecule has 0 aliphatic carbocycles. The molecule has 8 heteroatoms. The molecule has 0 radical (unpaired) electrons. The SMILES string of the molecule is COc1ccc(NC(=O)CN2CCCCCC2)cc1.O=C(O)C(=O)O. The molecule has 1 saturated heterocycles. The van der Waals surface area contributed by atoms with Crippen LogP contribution >= 0.6 is 0 Å². The van der Waals surface area contributed by atoms with Crippen LogP contribution in [0.1, 0.15) is 25.7 Å². The summed E-state index contributed by atoms with van der Waals surface area (Å²) in [5.41, 5.74) is 0.820. The van der Waals surface area contributed by atoms with Gasteiger partial charge in [0.05, 0.1) is 13.7 Å². The Morgan fingerprint density at radius 2 is 1.52 bits per heavy atom. The zero-order valence-corrected chi connectivity index (χ0v) is 14.2. The van der Waals surface area contributed by atoms with E-state index in [2.05, 4.69) is 10.2 Å². The molecule has 0 saturated carbocycles. The number of likely N-dealkylation sites (tertiary alicyclic amines) is 1. The van der Waals surface area contributed by atoms with Crippen LogP contribution in [0.3, 0.4) is 0 Å². The summed E-state index contributed by atoms with van der Waals surface area (Å²) in [7, 11) is 1.63. The number of hydrogen-bond donors (Lipinski definition) is 3. The number of methoxy groups -OCH3 is 1. The molecule has 1 amide bonds.